The molecule has 12 nitrogen and oxygen atoms in total. The van der Waals surface area contributed by atoms with E-state index in [9.17, 15) is 33.9 Å². The highest BCUT2D eigenvalue weighted by molar-refractivity contribution is 6.39. The van der Waals surface area contributed by atoms with E-state index >= 15 is 0 Å². The van der Waals surface area contributed by atoms with Gasteiger partial charge in [-0.1, -0.05) is 73.4 Å². The highest BCUT2D eigenvalue weighted by atomic mass is 35.5. The predicted octanol–water partition coefficient (Wildman–Crippen LogP) is 3.13. The number of halogens is 2. The number of hydrogen-bond donors (Lipinski definition) is 4. The molecule has 0 bridgehead atoms. The van der Waals surface area contributed by atoms with Gasteiger partial charge in [-0.3, -0.25) is 19.2 Å². The molecule has 0 unspecified atom stereocenters. The zero-order valence-corrected chi connectivity index (χ0v) is 24.5. The SMILES string of the molecule is CC(C)[C@H](NC(=O)OCc1ccccc1)C(=O)N[C@@H](C)C(=O)N[C@H](CC(=O)O)C(=O)COC(=O)c1c(Cl)cccc1Cl. The molecule has 3 atom stereocenters. The number of alkyl carbamates (subject to hydrolysis) is 1. The Labute approximate surface area is 252 Å². The second-order valence-corrected chi connectivity index (χ2v) is 10.3. The van der Waals surface area contributed by atoms with Gasteiger partial charge in [-0.05, 0) is 30.5 Å². The molecule has 0 fully saturated rings. The number of carbonyl (C=O) groups is 6. The van der Waals surface area contributed by atoms with Gasteiger partial charge in [0, 0.05) is 0 Å². The maximum Gasteiger partial charge on any atom is 0.408 e. The number of ether oxygens (including phenoxy) is 2. The molecule has 2 aromatic rings. The van der Waals surface area contributed by atoms with E-state index in [2.05, 4.69) is 16.0 Å². The highest BCUT2D eigenvalue weighted by Crippen LogP contribution is 2.25. The molecule has 2 rings (SSSR count). The monoisotopic (exact) mass is 623 g/mol. The molecular formula is C28H31Cl2N3O9. The van der Waals surface area contributed by atoms with Crippen LogP contribution in [0.15, 0.2) is 48.5 Å². The highest BCUT2D eigenvalue weighted by Gasteiger charge is 2.30. The molecule has 0 radical (unpaired) electrons. The van der Waals surface area contributed by atoms with Gasteiger partial charge < -0.3 is 30.5 Å². The van der Waals surface area contributed by atoms with E-state index in [4.69, 9.17) is 32.7 Å². The number of ketones is 1. The third-order valence-electron chi connectivity index (χ3n) is 5.78. The van der Waals surface area contributed by atoms with Crippen molar-refractivity contribution in [3.05, 3.63) is 69.7 Å². The van der Waals surface area contributed by atoms with E-state index in [1.807, 2.05) is 6.07 Å². The van der Waals surface area contributed by atoms with Crippen LogP contribution in [0.4, 0.5) is 4.79 Å². The molecule has 2 aromatic carbocycles. The van der Waals surface area contributed by atoms with Gasteiger partial charge in [0.25, 0.3) is 0 Å². The second-order valence-electron chi connectivity index (χ2n) is 9.46. The van der Waals surface area contributed by atoms with Crippen molar-refractivity contribution in [2.24, 2.45) is 5.92 Å². The van der Waals surface area contributed by atoms with Crippen LogP contribution >= 0.6 is 23.2 Å². The van der Waals surface area contributed by atoms with Crippen LogP contribution in [0.2, 0.25) is 10.0 Å². The van der Waals surface area contributed by atoms with Crippen molar-refractivity contribution >= 4 is 58.8 Å². The van der Waals surface area contributed by atoms with Gasteiger partial charge in [0.1, 0.15) is 24.7 Å². The zero-order chi connectivity index (χ0) is 31.4. The van der Waals surface area contributed by atoms with Gasteiger partial charge in [0.2, 0.25) is 11.8 Å². The minimum atomic E-state index is -1.59. The number of aliphatic carboxylic acids is 1. The predicted molar refractivity (Wildman–Crippen MR) is 152 cm³/mol. The number of carbonyl (C=O) groups excluding carboxylic acids is 5. The Kier molecular flexibility index (Phi) is 13.2. The van der Waals surface area contributed by atoms with Crippen LogP contribution < -0.4 is 16.0 Å². The summed E-state index contributed by atoms with van der Waals surface area (Å²) in [4.78, 5) is 74.3. The lowest BCUT2D eigenvalue weighted by molar-refractivity contribution is -0.141. The number of amides is 3. The first kappa shape index (κ1) is 34.0. The normalized spacial score (nSPS) is 12.8. The quantitative estimate of drug-likeness (QED) is 0.230. The average molecular weight is 624 g/mol. The number of carboxylic acids is 1. The van der Waals surface area contributed by atoms with E-state index < -0.39 is 72.7 Å². The van der Waals surface area contributed by atoms with Gasteiger partial charge in [-0.2, -0.15) is 0 Å². The first-order chi connectivity index (χ1) is 19.8. The first-order valence-corrected chi connectivity index (χ1v) is 13.5. The van der Waals surface area contributed by atoms with Crippen molar-refractivity contribution in [1.82, 2.24) is 16.0 Å². The van der Waals surface area contributed by atoms with E-state index in [0.717, 1.165) is 5.56 Å². The lowest BCUT2D eigenvalue weighted by Crippen LogP contribution is -2.56. The smallest absolute Gasteiger partial charge is 0.408 e. The zero-order valence-electron chi connectivity index (χ0n) is 23.0. The van der Waals surface area contributed by atoms with Crippen molar-refractivity contribution in [3.8, 4) is 0 Å². The fraction of sp³-hybridized carbons (Fsp3) is 0.357. The summed E-state index contributed by atoms with van der Waals surface area (Å²) in [6.45, 7) is 3.75. The Bertz CT molecular complexity index is 1280. The maximum atomic E-state index is 12.9. The van der Waals surface area contributed by atoms with E-state index in [-0.39, 0.29) is 22.2 Å². The Hall–Kier alpha value is -4.16. The number of Topliss-reactive ketones (excluding diaryl/α,β-unsaturated/α-hetero) is 1. The summed E-state index contributed by atoms with van der Waals surface area (Å²) in [7, 11) is 0. The van der Waals surface area contributed by atoms with Crippen molar-refractivity contribution in [3.63, 3.8) is 0 Å². The van der Waals surface area contributed by atoms with Crippen LogP contribution in [0.1, 0.15) is 43.1 Å². The summed E-state index contributed by atoms with van der Waals surface area (Å²) in [6.07, 6.45) is -1.66. The number of hydrogen-bond acceptors (Lipinski definition) is 8. The van der Waals surface area contributed by atoms with Crippen molar-refractivity contribution in [2.45, 2.75) is 51.9 Å². The van der Waals surface area contributed by atoms with Crippen molar-refractivity contribution < 1.29 is 43.3 Å². The van der Waals surface area contributed by atoms with Crippen LogP contribution in [-0.4, -0.2) is 65.5 Å². The molecule has 14 heteroatoms. The van der Waals surface area contributed by atoms with E-state index in [1.165, 1.54) is 25.1 Å². The molecule has 0 aliphatic heterocycles. The minimum Gasteiger partial charge on any atom is -0.481 e. The van der Waals surface area contributed by atoms with Crippen molar-refractivity contribution in [2.75, 3.05) is 6.61 Å². The Balaban J connectivity index is 1.97. The summed E-state index contributed by atoms with van der Waals surface area (Å²) < 4.78 is 10.1. The van der Waals surface area contributed by atoms with Gasteiger partial charge in [0.15, 0.2) is 12.4 Å². The number of esters is 1. The average Bonchev–Trinajstić information content (AvgIpc) is 2.93. The van der Waals surface area contributed by atoms with E-state index in [0.29, 0.717) is 0 Å². The molecule has 0 heterocycles. The lowest BCUT2D eigenvalue weighted by atomic mass is 10.0. The van der Waals surface area contributed by atoms with Gasteiger partial charge in [-0.25, -0.2) is 9.59 Å². The van der Waals surface area contributed by atoms with Crippen LogP contribution in [0.3, 0.4) is 0 Å². The Morgan fingerprint density at radius 3 is 2.00 bits per heavy atom. The summed E-state index contributed by atoms with van der Waals surface area (Å²) >= 11 is 11.9. The molecule has 0 saturated heterocycles. The number of carboxylic acid groups (broad SMARTS) is 1. The summed E-state index contributed by atoms with van der Waals surface area (Å²) in [6, 6.07) is 9.29. The van der Waals surface area contributed by atoms with Crippen molar-refractivity contribution in [1.29, 1.82) is 0 Å². The Morgan fingerprint density at radius 1 is 0.810 bits per heavy atom. The molecule has 0 spiro atoms. The lowest BCUT2D eigenvalue weighted by Gasteiger charge is -2.24. The van der Waals surface area contributed by atoms with E-state index in [1.54, 1.807) is 38.1 Å². The molecule has 0 saturated carbocycles. The summed E-state index contributed by atoms with van der Waals surface area (Å²) in [5.74, 6) is -5.36. The van der Waals surface area contributed by atoms with Crippen LogP contribution in [0.5, 0.6) is 0 Å². The fourth-order valence-corrected chi connectivity index (χ4v) is 4.07. The molecule has 0 aliphatic carbocycles. The third-order valence-corrected chi connectivity index (χ3v) is 6.41. The number of benzene rings is 2. The van der Waals surface area contributed by atoms with Gasteiger partial charge in [-0.15, -0.1) is 0 Å². The molecule has 4 N–H and O–H groups in total. The molecule has 0 aromatic heterocycles. The minimum absolute atomic E-state index is 0.0152. The largest absolute Gasteiger partial charge is 0.481 e. The number of rotatable bonds is 14. The molecule has 226 valence electrons. The van der Waals surface area contributed by atoms with Gasteiger partial charge in [0.05, 0.1) is 22.0 Å². The molecule has 42 heavy (non-hydrogen) atoms. The summed E-state index contributed by atoms with van der Waals surface area (Å²) in [5, 5.41) is 16.3. The molecular weight excluding hydrogens is 593 g/mol. The molecule has 3 amide bonds. The molecule has 0 aliphatic rings. The Morgan fingerprint density at radius 2 is 1.43 bits per heavy atom. The fourth-order valence-electron chi connectivity index (χ4n) is 3.51. The van der Waals surface area contributed by atoms with Crippen LogP contribution in [-0.2, 0) is 35.3 Å². The van der Waals surface area contributed by atoms with Gasteiger partial charge >= 0.3 is 18.0 Å². The third kappa shape index (κ3) is 10.7. The second kappa shape index (κ2) is 16.3. The topological polar surface area (TPSA) is 177 Å². The van der Waals surface area contributed by atoms with Crippen LogP contribution in [0, 0.1) is 5.92 Å². The summed E-state index contributed by atoms with van der Waals surface area (Å²) in [5.41, 5.74) is 0.567. The first-order valence-electron chi connectivity index (χ1n) is 12.7. The number of nitrogens with one attached hydrogen (secondary N) is 3. The standard InChI is InChI=1S/C28H31Cl2N3O9/c1-15(2)24(33-28(40)42-13-17-8-5-4-6-9-17)26(38)31-16(3)25(37)32-20(12-22(35)36)21(34)14-41-27(39)23-18(29)10-7-11-19(23)30/h4-11,15-16,20,24H,12-14H2,1-3H3,(H,31,38)(H,32,37)(H,33,40)(H,35,36)/t16-,20+,24-/m0/s1. The van der Waals surface area contributed by atoms with Crippen LogP contribution in [0.25, 0.3) is 0 Å². The maximum absolute atomic E-state index is 12.9.